The minimum Gasteiger partial charge on any atom is -0.493 e. The van der Waals surface area contributed by atoms with Crippen molar-refractivity contribution in [2.75, 3.05) is 6.61 Å². The smallest absolute Gasteiger partial charge is 0.273 e. The van der Waals surface area contributed by atoms with Crippen LogP contribution in [0.4, 0.5) is 5.69 Å². The molecule has 5 heteroatoms. The van der Waals surface area contributed by atoms with Crippen molar-refractivity contribution in [2.45, 2.75) is 19.4 Å². The van der Waals surface area contributed by atoms with E-state index in [9.17, 15) is 10.1 Å². The van der Waals surface area contributed by atoms with Crippen LogP contribution in [0.15, 0.2) is 24.3 Å². The third kappa shape index (κ3) is 3.95. The molecule has 1 aromatic carbocycles. The SMILES string of the molecule is CC(O)CCOc1cccc([N+](=O)[O-])c1. The quantitative estimate of drug-likeness (QED) is 0.594. The number of rotatable bonds is 5. The number of ether oxygens (including phenoxy) is 1. The van der Waals surface area contributed by atoms with Crippen LogP contribution in [-0.2, 0) is 0 Å². The largest absolute Gasteiger partial charge is 0.493 e. The fourth-order valence-electron chi connectivity index (χ4n) is 1.03. The molecule has 0 amide bonds. The van der Waals surface area contributed by atoms with Crippen LogP contribution in [0.1, 0.15) is 13.3 Å². The van der Waals surface area contributed by atoms with Crippen molar-refractivity contribution in [3.8, 4) is 5.75 Å². The summed E-state index contributed by atoms with van der Waals surface area (Å²) >= 11 is 0. The van der Waals surface area contributed by atoms with E-state index in [-0.39, 0.29) is 5.69 Å². The van der Waals surface area contributed by atoms with Crippen LogP contribution in [-0.4, -0.2) is 22.7 Å². The van der Waals surface area contributed by atoms with Crippen molar-refractivity contribution in [3.05, 3.63) is 34.4 Å². The van der Waals surface area contributed by atoms with Gasteiger partial charge >= 0.3 is 0 Å². The molecule has 0 spiro atoms. The summed E-state index contributed by atoms with van der Waals surface area (Å²) in [6.07, 6.45) is 0.0755. The number of nitro benzene ring substituents is 1. The highest BCUT2D eigenvalue weighted by Gasteiger charge is 2.06. The Bertz CT molecular complexity index is 338. The fraction of sp³-hybridized carbons (Fsp3) is 0.400. The standard InChI is InChI=1S/C10H13NO4/c1-8(12)5-6-15-10-4-2-3-9(7-10)11(13)14/h2-4,7-8,12H,5-6H2,1H3. The van der Waals surface area contributed by atoms with Crippen LogP contribution in [0.25, 0.3) is 0 Å². The average Bonchev–Trinajstić information content (AvgIpc) is 2.17. The van der Waals surface area contributed by atoms with Crippen molar-refractivity contribution >= 4 is 5.69 Å². The van der Waals surface area contributed by atoms with Crippen molar-refractivity contribution in [1.82, 2.24) is 0 Å². The highest BCUT2D eigenvalue weighted by Crippen LogP contribution is 2.19. The molecule has 0 heterocycles. The Morgan fingerprint density at radius 2 is 2.33 bits per heavy atom. The molecule has 0 aliphatic carbocycles. The van der Waals surface area contributed by atoms with E-state index in [0.717, 1.165) is 0 Å². The fourth-order valence-corrected chi connectivity index (χ4v) is 1.03. The minimum atomic E-state index is -0.471. The van der Waals surface area contributed by atoms with Gasteiger partial charge in [0.15, 0.2) is 0 Å². The maximum absolute atomic E-state index is 10.4. The number of aliphatic hydroxyl groups excluding tert-OH is 1. The number of non-ortho nitro benzene ring substituents is 1. The Kier molecular flexibility index (Phi) is 4.05. The number of aliphatic hydroxyl groups is 1. The lowest BCUT2D eigenvalue weighted by molar-refractivity contribution is -0.384. The highest BCUT2D eigenvalue weighted by atomic mass is 16.6. The predicted octanol–water partition coefficient (Wildman–Crippen LogP) is 1.74. The molecule has 0 bridgehead atoms. The van der Waals surface area contributed by atoms with E-state index in [0.29, 0.717) is 18.8 Å². The van der Waals surface area contributed by atoms with Gasteiger partial charge in [0, 0.05) is 12.5 Å². The van der Waals surface area contributed by atoms with E-state index in [4.69, 9.17) is 9.84 Å². The van der Waals surface area contributed by atoms with Crippen LogP contribution in [0.2, 0.25) is 0 Å². The first-order valence-corrected chi connectivity index (χ1v) is 4.65. The van der Waals surface area contributed by atoms with Crippen molar-refractivity contribution < 1.29 is 14.8 Å². The first kappa shape index (κ1) is 11.5. The van der Waals surface area contributed by atoms with E-state index >= 15 is 0 Å². The topological polar surface area (TPSA) is 72.6 Å². The third-order valence-corrected chi connectivity index (χ3v) is 1.83. The second kappa shape index (κ2) is 5.31. The molecule has 15 heavy (non-hydrogen) atoms. The van der Waals surface area contributed by atoms with E-state index in [1.807, 2.05) is 0 Å². The molecule has 0 saturated carbocycles. The molecule has 1 atom stereocenters. The Morgan fingerprint density at radius 3 is 2.93 bits per heavy atom. The lowest BCUT2D eigenvalue weighted by Gasteiger charge is -2.06. The molecule has 0 saturated heterocycles. The van der Waals surface area contributed by atoms with Crippen LogP contribution in [0.3, 0.4) is 0 Å². The Hall–Kier alpha value is -1.62. The predicted molar refractivity (Wildman–Crippen MR) is 54.9 cm³/mol. The number of hydrogen-bond acceptors (Lipinski definition) is 4. The summed E-state index contributed by atoms with van der Waals surface area (Å²) in [5, 5.41) is 19.4. The van der Waals surface area contributed by atoms with Gasteiger partial charge in [-0.1, -0.05) is 6.07 Å². The van der Waals surface area contributed by atoms with E-state index in [1.54, 1.807) is 19.1 Å². The molecule has 5 nitrogen and oxygen atoms in total. The zero-order valence-corrected chi connectivity index (χ0v) is 8.42. The maximum Gasteiger partial charge on any atom is 0.273 e. The van der Waals surface area contributed by atoms with Gasteiger partial charge in [-0.05, 0) is 13.0 Å². The van der Waals surface area contributed by atoms with Gasteiger partial charge in [0.2, 0.25) is 0 Å². The molecule has 0 aliphatic heterocycles. The summed E-state index contributed by atoms with van der Waals surface area (Å²) in [6, 6.07) is 5.98. The van der Waals surface area contributed by atoms with Crippen molar-refractivity contribution in [2.24, 2.45) is 0 Å². The molecule has 82 valence electrons. The van der Waals surface area contributed by atoms with Gasteiger partial charge in [-0.25, -0.2) is 0 Å². The Labute approximate surface area is 87.5 Å². The van der Waals surface area contributed by atoms with Crippen molar-refractivity contribution in [1.29, 1.82) is 0 Å². The number of benzene rings is 1. The van der Waals surface area contributed by atoms with Gasteiger partial charge in [0.05, 0.1) is 23.7 Å². The lowest BCUT2D eigenvalue weighted by atomic mass is 10.3. The monoisotopic (exact) mass is 211 g/mol. The van der Waals surface area contributed by atoms with Crippen LogP contribution in [0.5, 0.6) is 5.75 Å². The average molecular weight is 211 g/mol. The Balaban J connectivity index is 2.54. The van der Waals surface area contributed by atoms with Gasteiger partial charge in [0.25, 0.3) is 5.69 Å². The van der Waals surface area contributed by atoms with Gasteiger partial charge in [-0.15, -0.1) is 0 Å². The number of nitrogens with zero attached hydrogens (tertiary/aromatic N) is 1. The molecule has 0 fully saturated rings. The van der Waals surface area contributed by atoms with Gasteiger partial charge in [-0.2, -0.15) is 0 Å². The van der Waals surface area contributed by atoms with E-state index < -0.39 is 11.0 Å². The molecule has 1 unspecified atom stereocenters. The molecule has 1 N–H and O–H groups in total. The summed E-state index contributed by atoms with van der Waals surface area (Å²) in [4.78, 5) is 9.97. The lowest BCUT2D eigenvalue weighted by Crippen LogP contribution is -2.07. The second-order valence-electron chi connectivity index (χ2n) is 3.24. The number of nitro groups is 1. The van der Waals surface area contributed by atoms with E-state index in [1.165, 1.54) is 12.1 Å². The summed E-state index contributed by atoms with van der Waals surface area (Å²) in [5.74, 6) is 0.449. The van der Waals surface area contributed by atoms with Crippen LogP contribution >= 0.6 is 0 Å². The molecule has 1 aromatic rings. The zero-order valence-electron chi connectivity index (χ0n) is 8.42. The molecular formula is C10H13NO4. The first-order valence-electron chi connectivity index (χ1n) is 4.65. The maximum atomic E-state index is 10.4. The second-order valence-corrected chi connectivity index (χ2v) is 3.24. The third-order valence-electron chi connectivity index (χ3n) is 1.83. The summed E-state index contributed by atoms with van der Waals surface area (Å²) < 4.78 is 5.24. The van der Waals surface area contributed by atoms with E-state index in [2.05, 4.69) is 0 Å². The molecule has 1 rings (SSSR count). The van der Waals surface area contributed by atoms with Gasteiger partial charge in [-0.3, -0.25) is 10.1 Å². The zero-order chi connectivity index (χ0) is 11.3. The highest BCUT2D eigenvalue weighted by molar-refractivity contribution is 5.37. The first-order chi connectivity index (χ1) is 7.09. The molecule has 0 aliphatic rings. The molecule has 0 aromatic heterocycles. The van der Waals surface area contributed by atoms with Gasteiger partial charge < -0.3 is 9.84 Å². The number of hydrogen-bond donors (Lipinski definition) is 1. The van der Waals surface area contributed by atoms with Crippen molar-refractivity contribution in [3.63, 3.8) is 0 Å². The van der Waals surface area contributed by atoms with Crippen LogP contribution in [0, 0.1) is 10.1 Å². The molecular weight excluding hydrogens is 198 g/mol. The molecule has 0 radical (unpaired) electrons. The van der Waals surface area contributed by atoms with Gasteiger partial charge in [0.1, 0.15) is 5.75 Å². The van der Waals surface area contributed by atoms with Crippen LogP contribution < -0.4 is 4.74 Å². The normalized spacial score (nSPS) is 12.1. The Morgan fingerprint density at radius 1 is 1.60 bits per heavy atom. The summed E-state index contributed by atoms with van der Waals surface area (Å²) in [7, 11) is 0. The minimum absolute atomic E-state index is 0.00421. The summed E-state index contributed by atoms with van der Waals surface area (Å²) in [5.41, 5.74) is 0.00421. The summed E-state index contributed by atoms with van der Waals surface area (Å²) in [6.45, 7) is 2.01.